The first kappa shape index (κ1) is 16.7. The summed E-state index contributed by atoms with van der Waals surface area (Å²) in [5.41, 5.74) is 9.78. The number of hydrogen-bond acceptors (Lipinski definition) is 0. The molecule has 2 aliphatic rings. The first-order chi connectivity index (χ1) is 13.2. The monoisotopic (exact) mass is 366 g/mol. The van der Waals surface area contributed by atoms with Gasteiger partial charge in [0.25, 0.3) is 0 Å². The molecule has 0 radical (unpaired) electrons. The highest BCUT2D eigenvalue weighted by molar-refractivity contribution is 7.66. The molecule has 0 amide bonds. The van der Waals surface area contributed by atoms with Gasteiger partial charge in [-0.1, -0.05) is 110 Å². The van der Waals surface area contributed by atoms with E-state index < -0.39 is 7.92 Å². The molecule has 3 aromatic rings. The van der Waals surface area contributed by atoms with Gasteiger partial charge in [0.15, 0.2) is 0 Å². The summed E-state index contributed by atoms with van der Waals surface area (Å²) in [6.45, 7) is 4.64. The normalized spacial score (nSPS) is 21.3. The molecule has 0 saturated heterocycles. The van der Waals surface area contributed by atoms with Crippen LogP contribution in [0.1, 0.15) is 47.4 Å². The molecule has 132 valence electrons. The molecule has 0 aliphatic heterocycles. The third-order valence-electron chi connectivity index (χ3n) is 5.82. The van der Waals surface area contributed by atoms with Crippen molar-refractivity contribution in [2.45, 2.75) is 25.2 Å². The summed E-state index contributed by atoms with van der Waals surface area (Å²) in [4.78, 5) is 0. The molecule has 2 unspecified atom stereocenters. The van der Waals surface area contributed by atoms with Crippen molar-refractivity contribution in [2.75, 3.05) is 0 Å². The highest BCUT2D eigenvalue weighted by Gasteiger charge is 2.39. The molecule has 0 saturated carbocycles. The predicted octanol–water partition coefficient (Wildman–Crippen LogP) is 7.11. The molecule has 1 heteroatoms. The van der Waals surface area contributed by atoms with Crippen LogP contribution in [0.3, 0.4) is 0 Å². The van der Waals surface area contributed by atoms with Gasteiger partial charge >= 0.3 is 0 Å². The van der Waals surface area contributed by atoms with Gasteiger partial charge in [0.1, 0.15) is 0 Å². The Labute approximate surface area is 163 Å². The van der Waals surface area contributed by atoms with Gasteiger partial charge < -0.3 is 0 Å². The van der Waals surface area contributed by atoms with Gasteiger partial charge in [-0.15, -0.1) is 0 Å². The zero-order valence-electron chi connectivity index (χ0n) is 15.8. The average molecular weight is 366 g/mol. The Bertz CT molecular complexity index is 991. The summed E-state index contributed by atoms with van der Waals surface area (Å²) >= 11 is 0. The second-order valence-electron chi connectivity index (χ2n) is 7.58. The van der Waals surface area contributed by atoms with E-state index in [4.69, 9.17) is 0 Å². The second kappa shape index (κ2) is 6.63. The number of hydrogen-bond donors (Lipinski definition) is 0. The number of fused-ring (bicyclic) bond motifs is 2. The van der Waals surface area contributed by atoms with E-state index in [0.717, 1.165) is 0 Å². The lowest BCUT2D eigenvalue weighted by molar-refractivity contribution is 1.07. The summed E-state index contributed by atoms with van der Waals surface area (Å²) in [7, 11) is -0.447. The molecule has 0 N–H and O–H groups in total. The van der Waals surface area contributed by atoms with Crippen LogP contribution in [-0.4, -0.2) is 0 Å². The molecule has 2 atom stereocenters. The molecule has 2 aliphatic carbocycles. The first-order valence-electron chi connectivity index (χ1n) is 9.61. The van der Waals surface area contributed by atoms with E-state index in [0.29, 0.717) is 11.3 Å². The molecule has 0 heterocycles. The lowest BCUT2D eigenvalue weighted by atomic mass is 10.1. The molecule has 0 fully saturated rings. The number of allylic oxidation sites excluding steroid dienone is 2. The minimum absolute atomic E-state index is 0.447. The van der Waals surface area contributed by atoms with Crippen LogP contribution in [0, 0.1) is 0 Å². The largest absolute Gasteiger partial charge is 0.0622 e. The Kier molecular flexibility index (Phi) is 4.10. The van der Waals surface area contributed by atoms with Crippen molar-refractivity contribution in [3.8, 4) is 0 Å². The number of benzene rings is 3. The minimum atomic E-state index is -0.447. The lowest BCUT2D eigenvalue weighted by Gasteiger charge is -2.34. The summed E-state index contributed by atoms with van der Waals surface area (Å²) < 4.78 is 0. The Morgan fingerprint density at radius 2 is 1.00 bits per heavy atom. The summed E-state index contributed by atoms with van der Waals surface area (Å²) in [6.07, 6.45) is 4.80. The smallest absolute Gasteiger partial charge is 0.0306 e. The third-order valence-corrected chi connectivity index (χ3v) is 9.20. The highest BCUT2D eigenvalue weighted by Crippen LogP contribution is 2.69. The maximum atomic E-state index is 2.40. The van der Waals surface area contributed by atoms with Gasteiger partial charge in [0.2, 0.25) is 0 Å². The molecule has 0 bridgehead atoms. The molecule has 27 heavy (non-hydrogen) atoms. The van der Waals surface area contributed by atoms with Crippen LogP contribution in [0.4, 0.5) is 0 Å². The Morgan fingerprint density at radius 3 is 1.52 bits per heavy atom. The van der Waals surface area contributed by atoms with Crippen molar-refractivity contribution in [1.29, 1.82) is 0 Å². The number of rotatable bonds is 3. The van der Waals surface area contributed by atoms with E-state index in [9.17, 15) is 0 Å². The molecular formula is C26H23P. The van der Waals surface area contributed by atoms with Crippen molar-refractivity contribution >= 4 is 25.4 Å². The average Bonchev–Trinajstić information content (AvgIpc) is 3.20. The van der Waals surface area contributed by atoms with Crippen LogP contribution in [0.2, 0.25) is 0 Å². The van der Waals surface area contributed by atoms with Crippen molar-refractivity contribution < 1.29 is 0 Å². The fourth-order valence-electron chi connectivity index (χ4n) is 4.71. The molecule has 5 rings (SSSR count). The molecule has 0 nitrogen and oxygen atoms in total. The van der Waals surface area contributed by atoms with E-state index >= 15 is 0 Å². The van der Waals surface area contributed by atoms with Crippen LogP contribution < -0.4 is 5.30 Å². The quantitative estimate of drug-likeness (QED) is 0.433. The van der Waals surface area contributed by atoms with Crippen molar-refractivity contribution in [3.05, 3.63) is 112 Å². The van der Waals surface area contributed by atoms with Crippen LogP contribution in [0.15, 0.2) is 90.0 Å². The van der Waals surface area contributed by atoms with E-state index in [-0.39, 0.29) is 0 Å². The van der Waals surface area contributed by atoms with Gasteiger partial charge in [-0.3, -0.25) is 0 Å². The SMILES string of the molecule is CC1=Cc2ccccc2C1P(c1ccccc1)C1C(C)=Cc2ccccc21. The van der Waals surface area contributed by atoms with Crippen LogP contribution in [0.25, 0.3) is 12.2 Å². The van der Waals surface area contributed by atoms with Crippen LogP contribution in [-0.2, 0) is 0 Å². The Balaban J connectivity index is 1.71. The van der Waals surface area contributed by atoms with Gasteiger partial charge in [-0.2, -0.15) is 0 Å². The van der Waals surface area contributed by atoms with Gasteiger partial charge in [-0.25, -0.2) is 0 Å². The fraction of sp³-hybridized carbons (Fsp3) is 0.154. The Hall–Kier alpha value is -2.43. The lowest BCUT2D eigenvalue weighted by Crippen LogP contribution is -2.13. The highest BCUT2D eigenvalue weighted by atomic mass is 31.1. The summed E-state index contributed by atoms with van der Waals surface area (Å²) in [5.74, 6) is 0. The topological polar surface area (TPSA) is 0 Å². The van der Waals surface area contributed by atoms with Gasteiger partial charge in [-0.05, 0) is 41.4 Å². The van der Waals surface area contributed by atoms with Crippen molar-refractivity contribution in [1.82, 2.24) is 0 Å². The summed E-state index contributed by atoms with van der Waals surface area (Å²) in [6, 6.07) is 29.1. The van der Waals surface area contributed by atoms with E-state index in [1.54, 1.807) is 0 Å². The molecular weight excluding hydrogens is 343 g/mol. The zero-order valence-corrected chi connectivity index (χ0v) is 16.7. The molecule has 0 spiro atoms. The fourth-order valence-corrected chi connectivity index (χ4v) is 8.21. The first-order valence-corrected chi connectivity index (χ1v) is 11.1. The van der Waals surface area contributed by atoms with Crippen LogP contribution >= 0.6 is 7.92 Å². The minimum Gasteiger partial charge on any atom is -0.0622 e. The van der Waals surface area contributed by atoms with Crippen molar-refractivity contribution in [3.63, 3.8) is 0 Å². The van der Waals surface area contributed by atoms with Crippen molar-refractivity contribution in [2.24, 2.45) is 0 Å². The zero-order chi connectivity index (χ0) is 18.4. The van der Waals surface area contributed by atoms with Gasteiger partial charge in [0.05, 0.1) is 0 Å². The second-order valence-corrected chi connectivity index (χ2v) is 9.95. The van der Waals surface area contributed by atoms with E-state index in [1.807, 2.05) is 0 Å². The summed E-state index contributed by atoms with van der Waals surface area (Å²) in [5, 5.41) is 1.50. The molecule has 0 aromatic heterocycles. The predicted molar refractivity (Wildman–Crippen MR) is 119 cm³/mol. The standard InChI is InChI=1S/C26H23P/c1-18-16-20-10-6-8-14-23(20)25(18)27(22-12-4-3-5-13-22)26-19(2)17-21-11-7-9-15-24(21)26/h3-17,25-26H,1-2H3. The van der Waals surface area contributed by atoms with E-state index in [2.05, 4.69) is 105 Å². The van der Waals surface area contributed by atoms with Crippen LogP contribution in [0.5, 0.6) is 0 Å². The third kappa shape index (κ3) is 2.71. The maximum Gasteiger partial charge on any atom is 0.0306 e. The van der Waals surface area contributed by atoms with E-state index in [1.165, 1.54) is 38.7 Å². The maximum absolute atomic E-state index is 2.40. The molecule has 3 aromatic carbocycles. The Morgan fingerprint density at radius 1 is 0.556 bits per heavy atom. The van der Waals surface area contributed by atoms with Gasteiger partial charge in [0, 0.05) is 11.3 Å².